The Balaban J connectivity index is 1.86. The van der Waals surface area contributed by atoms with Crippen molar-refractivity contribution in [1.29, 1.82) is 0 Å². The Bertz CT molecular complexity index is 1330. The Labute approximate surface area is 167 Å². The first-order chi connectivity index (χ1) is 14.0. The number of nitrogens with zero attached hydrogens (tertiary/aromatic N) is 3. The molecule has 29 heavy (non-hydrogen) atoms. The molecule has 7 nitrogen and oxygen atoms in total. The van der Waals surface area contributed by atoms with Crippen molar-refractivity contribution >= 4 is 20.9 Å². The third kappa shape index (κ3) is 2.72. The topological polar surface area (TPSA) is 100 Å². The van der Waals surface area contributed by atoms with E-state index < -0.39 is 10.0 Å². The predicted molar refractivity (Wildman–Crippen MR) is 109 cm³/mol. The van der Waals surface area contributed by atoms with Crippen molar-refractivity contribution in [3.05, 3.63) is 72.3 Å². The second-order valence-corrected chi connectivity index (χ2v) is 8.75. The molecule has 0 saturated carbocycles. The lowest BCUT2D eigenvalue weighted by atomic mass is 10.1. The molecule has 3 heterocycles. The Kier molecular flexibility index (Phi) is 3.94. The summed E-state index contributed by atoms with van der Waals surface area (Å²) in [4.78, 5) is 8.67. The van der Waals surface area contributed by atoms with Gasteiger partial charge in [0.15, 0.2) is 0 Å². The number of ether oxygens (including phenoxy) is 1. The number of hydrogen-bond donors (Lipinski definition) is 1. The molecule has 1 aliphatic heterocycles. The maximum absolute atomic E-state index is 13.6. The third-order valence-electron chi connectivity index (χ3n) is 5.09. The molecule has 1 atom stereocenters. The summed E-state index contributed by atoms with van der Waals surface area (Å²) in [7, 11) is -3.87. The molecule has 5 rings (SSSR count). The van der Waals surface area contributed by atoms with Gasteiger partial charge in [0.05, 0.1) is 22.1 Å². The van der Waals surface area contributed by atoms with Crippen LogP contribution in [-0.2, 0) is 10.0 Å². The summed E-state index contributed by atoms with van der Waals surface area (Å²) < 4.78 is 34.3. The first kappa shape index (κ1) is 17.8. The van der Waals surface area contributed by atoms with E-state index >= 15 is 0 Å². The van der Waals surface area contributed by atoms with Gasteiger partial charge in [-0.15, -0.1) is 0 Å². The minimum atomic E-state index is -3.87. The standard InChI is InChI=1S/C21H18N4O3S/c1-13-23-10-14(11-24-13)20-9-17-19(8-7-16-18(22)12-28-21(16)17)25(20)29(26,27)15-5-3-2-4-6-15/h2-11,18H,12,22H2,1H3/t18-/m1/s1. The van der Waals surface area contributed by atoms with Crippen molar-refractivity contribution < 1.29 is 13.2 Å². The smallest absolute Gasteiger partial charge is 0.268 e. The summed E-state index contributed by atoms with van der Waals surface area (Å²) in [6.07, 6.45) is 3.25. The zero-order valence-corrected chi connectivity index (χ0v) is 16.4. The van der Waals surface area contributed by atoms with Gasteiger partial charge in [-0.3, -0.25) is 0 Å². The molecule has 0 unspecified atom stereocenters. The van der Waals surface area contributed by atoms with E-state index in [9.17, 15) is 8.42 Å². The van der Waals surface area contributed by atoms with Crippen molar-refractivity contribution in [2.24, 2.45) is 5.73 Å². The molecule has 0 fully saturated rings. The average Bonchev–Trinajstić information content (AvgIpc) is 3.30. The molecule has 8 heteroatoms. The van der Waals surface area contributed by atoms with Crippen LogP contribution in [0, 0.1) is 6.92 Å². The van der Waals surface area contributed by atoms with Gasteiger partial charge in [0.25, 0.3) is 10.0 Å². The van der Waals surface area contributed by atoms with Gasteiger partial charge in [-0.2, -0.15) is 0 Å². The zero-order valence-electron chi connectivity index (χ0n) is 15.6. The van der Waals surface area contributed by atoms with Gasteiger partial charge in [-0.05, 0) is 31.2 Å². The quantitative estimate of drug-likeness (QED) is 0.561. The van der Waals surface area contributed by atoms with Crippen LogP contribution in [0.2, 0.25) is 0 Å². The van der Waals surface area contributed by atoms with Crippen molar-refractivity contribution in [1.82, 2.24) is 13.9 Å². The van der Waals surface area contributed by atoms with E-state index in [1.165, 1.54) is 3.97 Å². The molecular weight excluding hydrogens is 388 g/mol. The van der Waals surface area contributed by atoms with Gasteiger partial charge in [-0.25, -0.2) is 22.4 Å². The average molecular weight is 406 g/mol. The lowest BCUT2D eigenvalue weighted by Gasteiger charge is -2.12. The normalized spacial score (nSPS) is 16.0. The Morgan fingerprint density at radius 3 is 2.55 bits per heavy atom. The van der Waals surface area contributed by atoms with Crippen molar-refractivity contribution in [3.8, 4) is 17.0 Å². The van der Waals surface area contributed by atoms with Gasteiger partial charge in [0, 0.05) is 28.9 Å². The number of benzene rings is 2. The van der Waals surface area contributed by atoms with Gasteiger partial charge in [-0.1, -0.05) is 24.3 Å². The molecule has 4 aromatic rings. The Morgan fingerprint density at radius 2 is 1.83 bits per heavy atom. The van der Waals surface area contributed by atoms with Crippen molar-refractivity contribution in [3.63, 3.8) is 0 Å². The van der Waals surface area contributed by atoms with Crippen LogP contribution in [0.3, 0.4) is 0 Å². The minimum absolute atomic E-state index is 0.199. The first-order valence-electron chi connectivity index (χ1n) is 9.13. The summed E-state index contributed by atoms with van der Waals surface area (Å²) in [5, 5.41) is 0.700. The summed E-state index contributed by atoms with van der Waals surface area (Å²) in [6.45, 7) is 2.15. The molecule has 0 spiro atoms. The third-order valence-corrected chi connectivity index (χ3v) is 6.83. The van der Waals surface area contributed by atoms with Crippen LogP contribution in [0.4, 0.5) is 0 Å². The fraction of sp³-hybridized carbons (Fsp3) is 0.143. The second-order valence-electron chi connectivity index (χ2n) is 6.97. The van der Waals surface area contributed by atoms with E-state index in [0.717, 1.165) is 5.56 Å². The molecule has 146 valence electrons. The highest BCUT2D eigenvalue weighted by Crippen LogP contribution is 2.42. The van der Waals surface area contributed by atoms with Crippen molar-refractivity contribution in [2.75, 3.05) is 6.61 Å². The largest absolute Gasteiger partial charge is 0.491 e. The molecule has 1 aliphatic rings. The van der Waals surface area contributed by atoms with E-state index in [0.29, 0.717) is 40.3 Å². The van der Waals surface area contributed by atoms with Crippen LogP contribution in [0.25, 0.3) is 22.2 Å². The summed E-state index contributed by atoms with van der Waals surface area (Å²) in [6, 6.07) is 13.5. The van der Waals surface area contributed by atoms with E-state index in [1.807, 2.05) is 6.07 Å². The van der Waals surface area contributed by atoms with Crippen LogP contribution >= 0.6 is 0 Å². The second kappa shape index (κ2) is 6.40. The SMILES string of the molecule is Cc1ncc(-c2cc3c4c(ccc3n2S(=O)(=O)c2ccccc2)[C@H](N)CO4)cn1. The summed E-state index contributed by atoms with van der Waals surface area (Å²) in [5.41, 5.74) is 8.59. The lowest BCUT2D eigenvalue weighted by Crippen LogP contribution is -2.14. The van der Waals surface area contributed by atoms with Crippen molar-refractivity contribution in [2.45, 2.75) is 17.9 Å². The molecule has 0 saturated heterocycles. The van der Waals surface area contributed by atoms with Crippen LogP contribution in [0.15, 0.2) is 65.8 Å². The van der Waals surface area contributed by atoms with Crippen LogP contribution in [0.5, 0.6) is 5.75 Å². The molecule has 0 aliphatic carbocycles. The van der Waals surface area contributed by atoms with E-state index in [2.05, 4.69) is 9.97 Å². The Morgan fingerprint density at radius 1 is 1.10 bits per heavy atom. The zero-order chi connectivity index (χ0) is 20.2. The van der Waals surface area contributed by atoms with Crippen LogP contribution < -0.4 is 10.5 Å². The van der Waals surface area contributed by atoms with Gasteiger partial charge < -0.3 is 10.5 Å². The fourth-order valence-electron chi connectivity index (χ4n) is 3.65. The lowest BCUT2D eigenvalue weighted by molar-refractivity contribution is 0.336. The number of rotatable bonds is 3. The van der Waals surface area contributed by atoms with Crippen LogP contribution in [0.1, 0.15) is 17.4 Å². The molecule has 2 aromatic heterocycles. The summed E-state index contributed by atoms with van der Waals surface area (Å²) in [5.74, 6) is 1.24. The number of nitrogens with two attached hydrogens (primary N) is 1. The van der Waals surface area contributed by atoms with Crippen LogP contribution in [-0.4, -0.2) is 29.0 Å². The highest BCUT2D eigenvalue weighted by Gasteiger charge is 2.29. The first-order valence-corrected chi connectivity index (χ1v) is 10.6. The highest BCUT2D eigenvalue weighted by molar-refractivity contribution is 7.90. The molecule has 2 aromatic carbocycles. The molecule has 0 bridgehead atoms. The fourth-order valence-corrected chi connectivity index (χ4v) is 5.19. The van der Waals surface area contributed by atoms with Gasteiger partial charge in [0.1, 0.15) is 18.2 Å². The Hall–Kier alpha value is -3.23. The molecule has 2 N–H and O–H groups in total. The maximum atomic E-state index is 13.6. The number of aromatic nitrogens is 3. The number of fused-ring (bicyclic) bond motifs is 3. The van der Waals surface area contributed by atoms with E-state index in [4.69, 9.17) is 10.5 Å². The maximum Gasteiger partial charge on any atom is 0.268 e. The van der Waals surface area contributed by atoms with E-state index in [-0.39, 0.29) is 10.9 Å². The monoisotopic (exact) mass is 406 g/mol. The highest BCUT2D eigenvalue weighted by atomic mass is 32.2. The predicted octanol–water partition coefficient (Wildman–Crippen LogP) is 3.04. The van der Waals surface area contributed by atoms with Gasteiger partial charge >= 0.3 is 0 Å². The van der Waals surface area contributed by atoms with Gasteiger partial charge in [0.2, 0.25) is 0 Å². The molecule has 0 radical (unpaired) electrons. The molecule has 0 amide bonds. The van der Waals surface area contributed by atoms with E-state index in [1.54, 1.807) is 61.8 Å². The summed E-state index contributed by atoms with van der Waals surface area (Å²) >= 11 is 0. The minimum Gasteiger partial charge on any atom is -0.491 e. The number of hydrogen-bond acceptors (Lipinski definition) is 6. The number of aryl methyl sites for hydroxylation is 1. The molecular formula is C21H18N4O3S.